The van der Waals surface area contributed by atoms with Crippen LogP contribution < -0.4 is 5.32 Å². The van der Waals surface area contributed by atoms with Gasteiger partial charge in [-0.2, -0.15) is 0 Å². The second-order valence-corrected chi connectivity index (χ2v) is 10.3. The molecule has 0 aliphatic carbocycles. The first-order chi connectivity index (χ1) is 16.9. The number of hydrogen-bond donors (Lipinski definition) is 1. The van der Waals surface area contributed by atoms with Crippen LogP contribution >= 0.6 is 0 Å². The van der Waals surface area contributed by atoms with Crippen molar-refractivity contribution in [3.63, 3.8) is 0 Å². The average molecular weight is 491 g/mol. The summed E-state index contributed by atoms with van der Waals surface area (Å²) in [5.74, 6) is -0.259. The van der Waals surface area contributed by atoms with E-state index in [9.17, 15) is 9.59 Å². The first-order valence-electron chi connectivity index (χ1n) is 11.9. The Labute approximate surface area is 212 Å². The molecule has 0 aliphatic heterocycles. The molecule has 3 rings (SSSR count). The molecule has 0 fully saturated rings. The molecule has 1 heterocycles. The number of furan rings is 1. The fourth-order valence-electron chi connectivity index (χ4n) is 3.48. The van der Waals surface area contributed by atoms with E-state index in [2.05, 4.69) is 5.32 Å². The summed E-state index contributed by atoms with van der Waals surface area (Å²) in [4.78, 5) is 31.3. The second kappa shape index (κ2) is 11.2. The normalized spacial score (nSPS) is 13.3. The highest BCUT2D eigenvalue weighted by atomic mass is 16.6. The molecule has 0 radical (unpaired) electrons. The molecule has 0 unspecified atom stereocenters. The van der Waals surface area contributed by atoms with Crippen LogP contribution in [0.1, 0.15) is 64.5 Å². The summed E-state index contributed by atoms with van der Waals surface area (Å²) in [5, 5.41) is 2.79. The maximum Gasteiger partial charge on any atom is 0.408 e. The van der Waals surface area contributed by atoms with Crippen LogP contribution in [0, 0.1) is 0 Å². The number of nitrogens with one attached hydrogen (secondary N) is 1. The van der Waals surface area contributed by atoms with E-state index in [0.717, 1.165) is 11.1 Å². The van der Waals surface area contributed by atoms with Gasteiger partial charge in [0, 0.05) is 11.1 Å². The van der Waals surface area contributed by atoms with Gasteiger partial charge in [0.25, 0.3) is 0 Å². The zero-order valence-corrected chi connectivity index (χ0v) is 21.6. The first kappa shape index (κ1) is 26.7. The molecule has 2 aromatic carbocycles. The lowest BCUT2D eigenvalue weighted by Crippen LogP contribution is -2.44. The number of nitrogens with zero attached hydrogens (tertiary/aromatic N) is 1. The molecule has 1 amide bonds. The molecule has 0 saturated carbocycles. The Morgan fingerprint density at radius 1 is 0.778 bits per heavy atom. The molecule has 1 N–H and O–H groups in total. The van der Waals surface area contributed by atoms with Gasteiger partial charge in [-0.1, -0.05) is 60.7 Å². The SMILES string of the molecule is CC(C)(C)OC(=O)N[C@H](c1ccco1)[C@H](N=C(c1ccccc1)c1ccccc1)C(=O)OC(C)(C)C. The minimum atomic E-state index is -1.17. The minimum absolute atomic E-state index is 0.348. The molecule has 2 atom stereocenters. The first-order valence-corrected chi connectivity index (χ1v) is 11.9. The van der Waals surface area contributed by atoms with Crippen molar-refractivity contribution in [1.29, 1.82) is 0 Å². The van der Waals surface area contributed by atoms with Gasteiger partial charge in [-0.05, 0) is 53.7 Å². The van der Waals surface area contributed by atoms with E-state index >= 15 is 0 Å². The van der Waals surface area contributed by atoms with Crippen molar-refractivity contribution in [3.8, 4) is 0 Å². The van der Waals surface area contributed by atoms with Crippen LogP contribution in [0.3, 0.4) is 0 Å². The summed E-state index contributed by atoms with van der Waals surface area (Å²) in [6.07, 6.45) is 0.776. The van der Waals surface area contributed by atoms with Gasteiger partial charge in [0.1, 0.15) is 23.0 Å². The van der Waals surface area contributed by atoms with Crippen LogP contribution in [0.4, 0.5) is 4.79 Å². The van der Waals surface area contributed by atoms with Crippen molar-refractivity contribution in [2.24, 2.45) is 4.99 Å². The highest BCUT2D eigenvalue weighted by Crippen LogP contribution is 2.26. The van der Waals surface area contributed by atoms with Gasteiger partial charge in [-0.15, -0.1) is 0 Å². The maximum atomic E-state index is 13.6. The number of amides is 1. The van der Waals surface area contributed by atoms with E-state index in [1.807, 2.05) is 60.7 Å². The Morgan fingerprint density at radius 3 is 1.75 bits per heavy atom. The van der Waals surface area contributed by atoms with Crippen LogP contribution in [0.2, 0.25) is 0 Å². The largest absolute Gasteiger partial charge is 0.467 e. The zero-order valence-electron chi connectivity index (χ0n) is 21.6. The van der Waals surface area contributed by atoms with Gasteiger partial charge in [-0.3, -0.25) is 4.99 Å². The molecule has 0 aliphatic rings. The molecule has 0 spiro atoms. The number of hydrogen-bond acceptors (Lipinski definition) is 6. The number of aliphatic imine (C=N–C) groups is 1. The smallest absolute Gasteiger partial charge is 0.408 e. The fraction of sp³-hybridized carbons (Fsp3) is 0.345. The van der Waals surface area contributed by atoms with Crippen LogP contribution in [-0.4, -0.2) is 35.0 Å². The van der Waals surface area contributed by atoms with E-state index in [-0.39, 0.29) is 0 Å². The molecule has 7 nitrogen and oxygen atoms in total. The zero-order chi connectivity index (χ0) is 26.3. The number of rotatable bonds is 7. The summed E-state index contributed by atoms with van der Waals surface area (Å²) in [7, 11) is 0. The molecule has 36 heavy (non-hydrogen) atoms. The molecule has 1 aromatic heterocycles. The molecular formula is C29H34N2O5. The Kier molecular flexibility index (Phi) is 8.35. The Morgan fingerprint density at radius 2 is 1.31 bits per heavy atom. The number of ether oxygens (including phenoxy) is 2. The van der Waals surface area contributed by atoms with Crippen LogP contribution in [0.5, 0.6) is 0 Å². The lowest BCUT2D eigenvalue weighted by Gasteiger charge is -2.28. The third-order valence-electron chi connectivity index (χ3n) is 4.85. The number of carbonyl (C=O) groups is 2. The molecule has 0 bridgehead atoms. The third kappa shape index (κ3) is 7.83. The predicted octanol–water partition coefficient (Wildman–Crippen LogP) is 6.09. The molecule has 7 heteroatoms. The third-order valence-corrected chi connectivity index (χ3v) is 4.85. The Hall–Kier alpha value is -3.87. The van der Waals surface area contributed by atoms with E-state index in [0.29, 0.717) is 11.5 Å². The second-order valence-electron chi connectivity index (χ2n) is 10.3. The van der Waals surface area contributed by atoms with E-state index in [4.69, 9.17) is 18.9 Å². The molecular weight excluding hydrogens is 456 g/mol. The quantitative estimate of drug-likeness (QED) is 0.320. The maximum absolute atomic E-state index is 13.6. The number of esters is 1. The molecule has 0 saturated heterocycles. The molecule has 3 aromatic rings. The van der Waals surface area contributed by atoms with Crippen LogP contribution in [-0.2, 0) is 14.3 Å². The van der Waals surface area contributed by atoms with Gasteiger partial charge < -0.3 is 19.2 Å². The van der Waals surface area contributed by atoms with Crippen molar-refractivity contribution >= 4 is 17.8 Å². The van der Waals surface area contributed by atoms with Crippen molar-refractivity contribution < 1.29 is 23.5 Å². The van der Waals surface area contributed by atoms with E-state index < -0.39 is 35.3 Å². The summed E-state index contributed by atoms with van der Waals surface area (Å²) in [6, 6.07) is 20.3. The van der Waals surface area contributed by atoms with Crippen molar-refractivity contribution in [2.45, 2.75) is 64.8 Å². The lowest BCUT2D eigenvalue weighted by molar-refractivity contribution is -0.157. The van der Waals surface area contributed by atoms with Gasteiger partial charge in [0.05, 0.1) is 12.0 Å². The average Bonchev–Trinajstić information content (AvgIpc) is 3.32. The Bertz CT molecular complexity index is 1120. The van der Waals surface area contributed by atoms with Crippen molar-refractivity contribution in [1.82, 2.24) is 5.32 Å². The highest BCUT2D eigenvalue weighted by Gasteiger charge is 2.37. The summed E-state index contributed by atoms with van der Waals surface area (Å²) < 4.78 is 16.9. The summed E-state index contributed by atoms with van der Waals surface area (Å²) in [6.45, 7) is 10.6. The minimum Gasteiger partial charge on any atom is -0.467 e. The van der Waals surface area contributed by atoms with Crippen molar-refractivity contribution in [2.75, 3.05) is 0 Å². The van der Waals surface area contributed by atoms with Gasteiger partial charge in [0.2, 0.25) is 0 Å². The fourth-order valence-corrected chi connectivity index (χ4v) is 3.48. The number of alkyl carbamates (subject to hydrolysis) is 1. The van der Waals surface area contributed by atoms with Gasteiger partial charge in [-0.25, -0.2) is 9.59 Å². The standard InChI is InChI=1S/C29H34N2O5/c1-28(2,3)35-26(32)25(24(22-18-13-19-34-22)31-27(33)36-29(4,5)6)30-23(20-14-9-7-10-15-20)21-16-11-8-12-17-21/h7-19,24-25H,1-6H3,(H,31,33)/t24-,25+/m1/s1. The topological polar surface area (TPSA) is 90.1 Å². The summed E-state index contributed by atoms with van der Waals surface area (Å²) in [5.41, 5.74) is 0.696. The van der Waals surface area contributed by atoms with Crippen LogP contribution in [0.15, 0.2) is 88.5 Å². The van der Waals surface area contributed by atoms with Gasteiger partial charge >= 0.3 is 12.1 Å². The summed E-state index contributed by atoms with van der Waals surface area (Å²) >= 11 is 0. The Balaban J connectivity index is 2.16. The molecule has 190 valence electrons. The lowest BCUT2D eigenvalue weighted by atomic mass is 10.00. The highest BCUT2D eigenvalue weighted by molar-refractivity contribution is 6.13. The van der Waals surface area contributed by atoms with Crippen molar-refractivity contribution in [3.05, 3.63) is 95.9 Å². The van der Waals surface area contributed by atoms with E-state index in [1.165, 1.54) is 6.26 Å². The monoisotopic (exact) mass is 490 g/mol. The predicted molar refractivity (Wildman–Crippen MR) is 139 cm³/mol. The van der Waals surface area contributed by atoms with E-state index in [1.54, 1.807) is 53.7 Å². The number of carbonyl (C=O) groups excluding carboxylic acids is 2. The van der Waals surface area contributed by atoms with Crippen LogP contribution in [0.25, 0.3) is 0 Å². The van der Waals surface area contributed by atoms with Gasteiger partial charge in [0.15, 0.2) is 6.04 Å². The number of benzene rings is 2.